The Balaban J connectivity index is 2.21. The minimum absolute atomic E-state index is 0.0469. The third-order valence-electron chi connectivity index (χ3n) is 3.21. The molecule has 1 aromatic carbocycles. The van der Waals surface area contributed by atoms with Crippen molar-refractivity contribution in [1.82, 2.24) is 4.72 Å². The number of carboxylic acid groups (broad SMARTS) is 1. The summed E-state index contributed by atoms with van der Waals surface area (Å²) in [6.07, 6.45) is 1.42. The highest BCUT2D eigenvalue weighted by atomic mass is 32.2. The minimum atomic E-state index is -3.89. The minimum Gasteiger partial charge on any atom is -0.480 e. The second-order valence-electron chi connectivity index (χ2n) is 4.86. The first-order valence-corrected chi connectivity index (χ1v) is 7.66. The van der Waals surface area contributed by atoms with Gasteiger partial charge >= 0.3 is 5.97 Å². The number of nitrogens with one attached hydrogen (secondary N) is 1. The number of hydrogen-bond donors (Lipinski definition) is 2. The molecule has 1 aromatic rings. The Labute approximate surface area is 116 Å². The highest BCUT2D eigenvalue weighted by molar-refractivity contribution is 7.89. The molecule has 0 aliphatic heterocycles. The van der Waals surface area contributed by atoms with Crippen molar-refractivity contribution < 1.29 is 23.1 Å². The lowest BCUT2D eigenvalue weighted by atomic mass is 10.2. The smallest absolute Gasteiger partial charge is 0.322 e. The van der Waals surface area contributed by atoms with Crippen LogP contribution in [0.15, 0.2) is 29.2 Å². The van der Waals surface area contributed by atoms with Gasteiger partial charge in [-0.15, -0.1) is 0 Å². The molecule has 0 amide bonds. The maximum atomic E-state index is 12.1. The van der Waals surface area contributed by atoms with Gasteiger partial charge in [0.1, 0.15) is 6.04 Å². The maximum absolute atomic E-state index is 12.1. The lowest BCUT2D eigenvalue weighted by Crippen LogP contribution is -2.42. The first-order valence-electron chi connectivity index (χ1n) is 6.17. The summed E-state index contributed by atoms with van der Waals surface area (Å²) in [4.78, 5) is 22.1. The van der Waals surface area contributed by atoms with Crippen molar-refractivity contribution in [1.29, 1.82) is 0 Å². The molecular formula is C13H15NO5S. The van der Waals surface area contributed by atoms with E-state index in [1.807, 2.05) is 0 Å². The highest BCUT2D eigenvalue weighted by Gasteiger charge is 2.39. The largest absolute Gasteiger partial charge is 0.480 e. The van der Waals surface area contributed by atoms with Crippen LogP contribution in [0, 0.1) is 5.92 Å². The van der Waals surface area contributed by atoms with Gasteiger partial charge in [-0.1, -0.05) is 12.1 Å². The third kappa shape index (κ3) is 3.23. The molecule has 1 aliphatic rings. The van der Waals surface area contributed by atoms with Crippen LogP contribution in [0.2, 0.25) is 0 Å². The van der Waals surface area contributed by atoms with Crippen molar-refractivity contribution in [3.63, 3.8) is 0 Å². The van der Waals surface area contributed by atoms with E-state index in [-0.39, 0.29) is 16.6 Å². The van der Waals surface area contributed by atoms with Crippen LogP contribution >= 0.6 is 0 Å². The molecule has 0 aromatic heterocycles. The molecule has 0 radical (unpaired) electrons. The molecule has 2 N–H and O–H groups in total. The van der Waals surface area contributed by atoms with Gasteiger partial charge in [-0.2, -0.15) is 4.72 Å². The summed E-state index contributed by atoms with van der Waals surface area (Å²) in [6.45, 7) is 1.38. The molecule has 108 valence electrons. The topological polar surface area (TPSA) is 101 Å². The average Bonchev–Trinajstić information content (AvgIpc) is 3.20. The number of carboxylic acids is 1. The zero-order valence-electron chi connectivity index (χ0n) is 10.9. The summed E-state index contributed by atoms with van der Waals surface area (Å²) >= 11 is 0. The van der Waals surface area contributed by atoms with Gasteiger partial charge in [0.25, 0.3) is 0 Å². The van der Waals surface area contributed by atoms with E-state index in [4.69, 9.17) is 5.11 Å². The van der Waals surface area contributed by atoms with Gasteiger partial charge < -0.3 is 5.11 Å². The summed E-state index contributed by atoms with van der Waals surface area (Å²) in [7, 11) is -3.89. The van der Waals surface area contributed by atoms with Crippen molar-refractivity contribution in [3.05, 3.63) is 29.8 Å². The number of carbonyl (C=O) groups is 2. The summed E-state index contributed by atoms with van der Waals surface area (Å²) in [5.74, 6) is -1.47. The zero-order valence-corrected chi connectivity index (χ0v) is 11.7. The fourth-order valence-corrected chi connectivity index (χ4v) is 3.14. The van der Waals surface area contributed by atoms with Gasteiger partial charge in [0.05, 0.1) is 4.90 Å². The third-order valence-corrected chi connectivity index (χ3v) is 4.67. The molecular weight excluding hydrogens is 282 g/mol. The lowest BCUT2D eigenvalue weighted by molar-refractivity contribution is -0.139. The van der Waals surface area contributed by atoms with E-state index in [1.165, 1.54) is 31.2 Å². The Morgan fingerprint density at radius 1 is 1.25 bits per heavy atom. The number of benzene rings is 1. The number of ketones is 1. The van der Waals surface area contributed by atoms with E-state index < -0.39 is 22.0 Å². The van der Waals surface area contributed by atoms with Crippen molar-refractivity contribution >= 4 is 21.8 Å². The van der Waals surface area contributed by atoms with Crippen LogP contribution in [0.3, 0.4) is 0 Å². The van der Waals surface area contributed by atoms with Crippen molar-refractivity contribution in [2.24, 2.45) is 5.92 Å². The Hall–Kier alpha value is -1.73. The highest BCUT2D eigenvalue weighted by Crippen LogP contribution is 2.33. The molecule has 1 aliphatic carbocycles. The van der Waals surface area contributed by atoms with Crippen molar-refractivity contribution in [2.75, 3.05) is 0 Å². The molecule has 1 unspecified atom stereocenters. The fraction of sp³-hybridized carbons (Fsp3) is 0.385. The molecule has 0 heterocycles. The van der Waals surface area contributed by atoms with Crippen LogP contribution in [-0.4, -0.2) is 31.3 Å². The van der Waals surface area contributed by atoms with Crippen LogP contribution in [0.4, 0.5) is 0 Å². The van der Waals surface area contributed by atoms with Gasteiger partial charge in [0, 0.05) is 5.56 Å². The quantitative estimate of drug-likeness (QED) is 0.764. The molecule has 1 fully saturated rings. The van der Waals surface area contributed by atoms with E-state index in [0.29, 0.717) is 18.4 Å². The Kier molecular flexibility index (Phi) is 3.92. The predicted molar refractivity (Wildman–Crippen MR) is 70.9 cm³/mol. The lowest BCUT2D eigenvalue weighted by Gasteiger charge is -2.14. The van der Waals surface area contributed by atoms with Crippen LogP contribution in [0.1, 0.15) is 30.1 Å². The number of carbonyl (C=O) groups excluding carboxylic acids is 1. The maximum Gasteiger partial charge on any atom is 0.322 e. The molecule has 0 bridgehead atoms. The number of aliphatic carboxylic acids is 1. The van der Waals surface area contributed by atoms with Gasteiger partial charge in [-0.25, -0.2) is 8.42 Å². The Bertz CT molecular complexity index is 631. The monoisotopic (exact) mass is 297 g/mol. The number of rotatable bonds is 6. The van der Waals surface area contributed by atoms with E-state index in [9.17, 15) is 18.0 Å². The summed E-state index contributed by atoms with van der Waals surface area (Å²) in [5.41, 5.74) is 0.404. The van der Waals surface area contributed by atoms with Gasteiger partial charge in [-0.3, -0.25) is 9.59 Å². The molecule has 20 heavy (non-hydrogen) atoms. The number of hydrogen-bond acceptors (Lipinski definition) is 4. The average molecular weight is 297 g/mol. The summed E-state index contributed by atoms with van der Waals surface area (Å²) in [5, 5.41) is 9.04. The van der Waals surface area contributed by atoms with Crippen molar-refractivity contribution in [2.45, 2.75) is 30.7 Å². The molecule has 0 spiro atoms. The summed E-state index contributed by atoms with van der Waals surface area (Å²) < 4.78 is 26.4. The molecule has 1 atom stereocenters. The van der Waals surface area contributed by atoms with E-state index in [2.05, 4.69) is 4.72 Å². The standard InChI is InChI=1S/C13H15NO5S/c1-8(15)9-4-6-11(7-5-9)20(18,19)14-12(13(16)17)10-2-3-10/h4-7,10,12,14H,2-3H2,1H3,(H,16,17). The van der Waals surface area contributed by atoms with Crippen LogP contribution < -0.4 is 4.72 Å². The second-order valence-corrected chi connectivity index (χ2v) is 6.57. The molecule has 2 rings (SSSR count). The van der Waals surface area contributed by atoms with Gasteiger partial charge in [0.15, 0.2) is 5.78 Å². The molecule has 7 heteroatoms. The van der Waals surface area contributed by atoms with Crippen LogP contribution in [0.5, 0.6) is 0 Å². The first-order chi connectivity index (χ1) is 9.31. The predicted octanol–water partition coefficient (Wildman–Crippen LogP) is 1.03. The summed E-state index contributed by atoms with van der Waals surface area (Å²) in [6, 6.07) is 4.32. The molecule has 1 saturated carbocycles. The molecule has 0 saturated heterocycles. The number of sulfonamides is 1. The Morgan fingerprint density at radius 2 is 1.80 bits per heavy atom. The second kappa shape index (κ2) is 5.34. The fourth-order valence-electron chi connectivity index (χ4n) is 1.88. The normalized spacial score (nSPS) is 16.6. The van der Waals surface area contributed by atoms with Crippen LogP contribution in [0.25, 0.3) is 0 Å². The molecule has 6 nitrogen and oxygen atoms in total. The first kappa shape index (κ1) is 14.7. The number of Topliss-reactive ketones (excluding diaryl/α,β-unsaturated/α-hetero) is 1. The van der Waals surface area contributed by atoms with Crippen LogP contribution in [-0.2, 0) is 14.8 Å². The van der Waals surface area contributed by atoms with Gasteiger partial charge in [-0.05, 0) is 37.8 Å². The van der Waals surface area contributed by atoms with E-state index >= 15 is 0 Å². The van der Waals surface area contributed by atoms with Crippen molar-refractivity contribution in [3.8, 4) is 0 Å². The van der Waals surface area contributed by atoms with Gasteiger partial charge in [0.2, 0.25) is 10.0 Å². The SMILES string of the molecule is CC(=O)c1ccc(S(=O)(=O)NC(C(=O)O)C2CC2)cc1. The Morgan fingerprint density at radius 3 is 2.20 bits per heavy atom. The van der Waals surface area contributed by atoms with E-state index in [0.717, 1.165) is 0 Å². The van der Waals surface area contributed by atoms with E-state index in [1.54, 1.807) is 0 Å². The zero-order chi connectivity index (χ0) is 14.9.